The molecular formula is C29H38N4O4. The van der Waals surface area contributed by atoms with E-state index in [9.17, 15) is 14.4 Å². The lowest BCUT2D eigenvalue weighted by Crippen LogP contribution is -2.52. The quantitative estimate of drug-likeness (QED) is 0.311. The van der Waals surface area contributed by atoms with E-state index in [0.29, 0.717) is 32.2 Å². The van der Waals surface area contributed by atoms with Crippen LogP contribution in [0.25, 0.3) is 21.8 Å². The molecule has 3 aromatic rings. The highest BCUT2D eigenvalue weighted by Crippen LogP contribution is 2.28. The molecule has 1 aliphatic heterocycles. The second-order valence-corrected chi connectivity index (χ2v) is 10.2. The van der Waals surface area contributed by atoms with Gasteiger partial charge in [0.15, 0.2) is 0 Å². The van der Waals surface area contributed by atoms with Crippen molar-refractivity contribution >= 4 is 39.6 Å². The van der Waals surface area contributed by atoms with E-state index in [4.69, 9.17) is 10.5 Å². The Kier molecular flexibility index (Phi) is 8.82. The molecule has 4 bridgehead atoms. The molecule has 3 atom stereocenters. The molecule has 1 aliphatic rings. The molecule has 0 saturated carbocycles. The predicted octanol–water partition coefficient (Wildman–Crippen LogP) is 3.50. The van der Waals surface area contributed by atoms with Crippen molar-refractivity contribution in [2.75, 3.05) is 13.7 Å². The van der Waals surface area contributed by atoms with Crippen LogP contribution >= 0.6 is 0 Å². The summed E-state index contributed by atoms with van der Waals surface area (Å²) >= 11 is 0. The van der Waals surface area contributed by atoms with Gasteiger partial charge >= 0.3 is 5.97 Å². The van der Waals surface area contributed by atoms with Crippen LogP contribution in [0.4, 0.5) is 0 Å². The first-order valence-corrected chi connectivity index (χ1v) is 13.3. The number of nitrogens with two attached hydrogens (primary N) is 1. The minimum atomic E-state index is -0.755. The van der Waals surface area contributed by atoms with E-state index < -0.39 is 18.1 Å². The molecule has 0 radical (unpaired) electrons. The number of carbonyl (C=O) groups is 3. The van der Waals surface area contributed by atoms with E-state index in [0.717, 1.165) is 47.7 Å². The molecule has 0 saturated heterocycles. The average molecular weight is 507 g/mol. The summed E-state index contributed by atoms with van der Waals surface area (Å²) in [6, 6.07) is 11.3. The van der Waals surface area contributed by atoms with Gasteiger partial charge in [0.1, 0.15) is 12.1 Å². The number of methoxy groups -OCH3 is 1. The van der Waals surface area contributed by atoms with Crippen LogP contribution in [-0.4, -0.2) is 48.5 Å². The Morgan fingerprint density at radius 3 is 2.38 bits per heavy atom. The first-order valence-electron chi connectivity index (χ1n) is 13.3. The van der Waals surface area contributed by atoms with E-state index in [-0.39, 0.29) is 17.7 Å². The average Bonchev–Trinajstić information content (AvgIpc) is 3.26. The van der Waals surface area contributed by atoms with Gasteiger partial charge in [-0.2, -0.15) is 0 Å². The number of benzene rings is 2. The lowest BCUT2D eigenvalue weighted by atomic mass is 9.97. The maximum absolute atomic E-state index is 13.2. The molecule has 2 amide bonds. The number of rotatable bonds is 5. The van der Waals surface area contributed by atoms with Gasteiger partial charge < -0.3 is 26.1 Å². The van der Waals surface area contributed by atoms with Crippen molar-refractivity contribution in [1.29, 1.82) is 0 Å². The molecule has 0 spiro atoms. The van der Waals surface area contributed by atoms with Crippen LogP contribution < -0.4 is 16.4 Å². The molecule has 2 heterocycles. The van der Waals surface area contributed by atoms with Gasteiger partial charge in [-0.1, -0.05) is 25.5 Å². The number of nitrogens with one attached hydrogen (secondary N) is 3. The van der Waals surface area contributed by atoms with Gasteiger partial charge in [0.2, 0.25) is 11.8 Å². The zero-order valence-electron chi connectivity index (χ0n) is 21.8. The molecule has 0 aliphatic carbocycles. The first kappa shape index (κ1) is 26.7. The number of amides is 2. The summed E-state index contributed by atoms with van der Waals surface area (Å²) in [4.78, 5) is 42.3. The Hall–Kier alpha value is -3.39. The third-order valence-electron chi connectivity index (χ3n) is 7.31. The summed E-state index contributed by atoms with van der Waals surface area (Å²) in [6.45, 7) is 2.39. The molecule has 5 N–H and O–H groups in total. The number of H-pyrrole nitrogens is 1. The van der Waals surface area contributed by atoms with Gasteiger partial charge in [-0.25, -0.2) is 4.79 Å². The van der Waals surface area contributed by atoms with Crippen LogP contribution in [0.3, 0.4) is 0 Å². The minimum absolute atomic E-state index is 0.190. The minimum Gasteiger partial charge on any atom is -0.467 e. The molecule has 1 unspecified atom stereocenters. The summed E-state index contributed by atoms with van der Waals surface area (Å²) < 4.78 is 4.96. The fourth-order valence-electron chi connectivity index (χ4n) is 5.14. The van der Waals surface area contributed by atoms with Gasteiger partial charge in [0.05, 0.1) is 7.11 Å². The number of unbranched alkanes of at least 4 members (excludes halogenated alkanes) is 1. The smallest absolute Gasteiger partial charge is 0.328 e. The number of hydrogen-bond acceptors (Lipinski definition) is 5. The number of esters is 1. The van der Waals surface area contributed by atoms with Gasteiger partial charge in [-0.05, 0) is 86.9 Å². The molecule has 4 rings (SSSR count). The maximum atomic E-state index is 13.2. The molecule has 0 fully saturated rings. The normalized spacial score (nSPS) is 21.6. The zero-order valence-corrected chi connectivity index (χ0v) is 21.8. The summed E-state index contributed by atoms with van der Waals surface area (Å²) in [7, 11) is 1.32. The highest BCUT2D eigenvalue weighted by atomic mass is 16.5. The van der Waals surface area contributed by atoms with Crippen molar-refractivity contribution in [3.63, 3.8) is 0 Å². The second kappa shape index (κ2) is 12.2. The van der Waals surface area contributed by atoms with E-state index in [1.54, 1.807) is 0 Å². The van der Waals surface area contributed by atoms with Gasteiger partial charge in [-0.15, -0.1) is 0 Å². The first-order chi connectivity index (χ1) is 17.9. The molecule has 1 aromatic heterocycles. The third-order valence-corrected chi connectivity index (χ3v) is 7.31. The summed E-state index contributed by atoms with van der Waals surface area (Å²) in [6.07, 6.45) is 5.42. The fourth-order valence-corrected chi connectivity index (χ4v) is 5.14. The van der Waals surface area contributed by atoms with Crippen LogP contribution in [0, 0.1) is 5.92 Å². The zero-order chi connectivity index (χ0) is 26.4. The van der Waals surface area contributed by atoms with Crippen LogP contribution in [0.15, 0.2) is 36.4 Å². The molecule has 198 valence electrons. The van der Waals surface area contributed by atoms with Crippen molar-refractivity contribution in [3.8, 4) is 0 Å². The van der Waals surface area contributed by atoms with Crippen LogP contribution in [0.5, 0.6) is 0 Å². The van der Waals surface area contributed by atoms with Gasteiger partial charge in [-0.3, -0.25) is 9.59 Å². The van der Waals surface area contributed by atoms with Crippen LogP contribution in [0.2, 0.25) is 0 Å². The van der Waals surface area contributed by atoms with Crippen molar-refractivity contribution in [2.45, 2.75) is 70.4 Å². The number of aromatic amines is 1. The Bertz CT molecular complexity index is 1270. The van der Waals surface area contributed by atoms with E-state index >= 15 is 0 Å². The van der Waals surface area contributed by atoms with Gasteiger partial charge in [0, 0.05) is 27.7 Å². The van der Waals surface area contributed by atoms with Crippen molar-refractivity contribution in [3.05, 3.63) is 47.5 Å². The van der Waals surface area contributed by atoms with Crippen molar-refractivity contribution in [2.24, 2.45) is 11.7 Å². The van der Waals surface area contributed by atoms with Gasteiger partial charge in [0.25, 0.3) is 0 Å². The van der Waals surface area contributed by atoms with Crippen molar-refractivity contribution in [1.82, 2.24) is 15.6 Å². The molecule has 2 aromatic carbocycles. The number of carbonyl (C=O) groups excluding carboxylic acids is 3. The molecule has 37 heavy (non-hydrogen) atoms. The Morgan fingerprint density at radius 1 is 0.973 bits per heavy atom. The topological polar surface area (TPSA) is 126 Å². The van der Waals surface area contributed by atoms with Crippen LogP contribution in [-0.2, 0) is 32.0 Å². The van der Waals surface area contributed by atoms with Crippen molar-refractivity contribution < 1.29 is 19.1 Å². The van der Waals surface area contributed by atoms with E-state index in [1.807, 2.05) is 13.0 Å². The number of fused-ring (bicyclic) bond motifs is 2. The number of aryl methyl sites for hydroxylation is 1. The fraction of sp³-hybridized carbons (Fsp3) is 0.483. The molecular weight excluding hydrogens is 468 g/mol. The lowest BCUT2D eigenvalue weighted by Gasteiger charge is -2.24. The lowest BCUT2D eigenvalue weighted by molar-refractivity contribution is -0.145. The number of hydrogen-bond donors (Lipinski definition) is 4. The third kappa shape index (κ3) is 6.49. The largest absolute Gasteiger partial charge is 0.467 e. The highest BCUT2D eigenvalue weighted by Gasteiger charge is 2.28. The summed E-state index contributed by atoms with van der Waals surface area (Å²) in [5, 5.41) is 8.10. The number of ether oxygens (including phenoxy) is 1. The Labute approximate surface area is 217 Å². The highest BCUT2D eigenvalue weighted by molar-refractivity contribution is 6.07. The standard InChI is InChI=1S/C29H38N4O4/c1-18-15-20-11-13-24-22(17-20)21-16-19(10-12-23(21)31-24)7-3-4-9-26(29(36)37-2)33-28(35)25(32-27(18)34)8-5-6-14-30/h10-13,16-18,25-26,31H,3-9,14-15,30H2,1-2H3,(H,32,34)(H,33,35)/t18?,25-,26+/m1/s1. The molecule has 8 heteroatoms. The van der Waals surface area contributed by atoms with Crippen LogP contribution in [0.1, 0.15) is 56.6 Å². The summed E-state index contributed by atoms with van der Waals surface area (Å²) in [5.41, 5.74) is 10.1. The number of aromatic nitrogens is 1. The Morgan fingerprint density at radius 2 is 1.68 bits per heavy atom. The maximum Gasteiger partial charge on any atom is 0.328 e. The second-order valence-electron chi connectivity index (χ2n) is 10.2. The van der Waals surface area contributed by atoms with E-state index in [1.165, 1.54) is 18.1 Å². The van der Waals surface area contributed by atoms with E-state index in [2.05, 4.69) is 45.9 Å². The summed E-state index contributed by atoms with van der Waals surface area (Å²) in [5.74, 6) is -1.36. The predicted molar refractivity (Wildman–Crippen MR) is 145 cm³/mol. The monoisotopic (exact) mass is 506 g/mol. The molecule has 8 nitrogen and oxygen atoms in total. The Balaban J connectivity index is 1.65. The SMILES string of the molecule is COC(=O)[C@@H]1CCCCc2ccc3[nH]c4ccc(cc4c3c2)CC(C)C(=O)N[C@H](CCCCN)C(=O)N1.